The average molecular weight is 214 g/mol. The van der Waals surface area contributed by atoms with E-state index < -0.39 is 0 Å². The number of methoxy groups -OCH3 is 1. The SMILES string of the molecule is COC1CC(Nc2ccnc(Cl)n2)C1. The van der Waals surface area contributed by atoms with Crippen LogP contribution in [0.15, 0.2) is 12.3 Å². The maximum Gasteiger partial charge on any atom is 0.224 e. The molecule has 1 heterocycles. The molecule has 4 nitrogen and oxygen atoms in total. The molecular weight excluding hydrogens is 202 g/mol. The summed E-state index contributed by atoms with van der Waals surface area (Å²) in [5.74, 6) is 0.782. The lowest BCUT2D eigenvalue weighted by atomic mass is 9.89. The Morgan fingerprint density at radius 1 is 1.57 bits per heavy atom. The predicted molar refractivity (Wildman–Crippen MR) is 54.5 cm³/mol. The molecular formula is C9H12ClN3O. The second-order valence-electron chi connectivity index (χ2n) is 3.38. The summed E-state index contributed by atoms with van der Waals surface area (Å²) >= 11 is 5.66. The number of halogens is 1. The molecule has 2 rings (SSSR count). The molecule has 14 heavy (non-hydrogen) atoms. The Morgan fingerprint density at radius 3 is 3.00 bits per heavy atom. The molecule has 0 amide bonds. The highest BCUT2D eigenvalue weighted by Gasteiger charge is 2.28. The van der Waals surface area contributed by atoms with Gasteiger partial charge in [0.2, 0.25) is 5.28 Å². The first kappa shape index (κ1) is 9.68. The van der Waals surface area contributed by atoms with Crippen LogP contribution >= 0.6 is 11.6 Å². The number of rotatable bonds is 3. The number of hydrogen-bond donors (Lipinski definition) is 1. The summed E-state index contributed by atoms with van der Waals surface area (Å²) in [6.07, 6.45) is 4.09. The van der Waals surface area contributed by atoms with Crippen LogP contribution in [-0.2, 0) is 4.74 Å². The van der Waals surface area contributed by atoms with Crippen LogP contribution in [0.2, 0.25) is 5.28 Å². The van der Waals surface area contributed by atoms with E-state index in [2.05, 4.69) is 15.3 Å². The first-order valence-electron chi connectivity index (χ1n) is 4.56. The summed E-state index contributed by atoms with van der Waals surface area (Å²) in [6.45, 7) is 0. The van der Waals surface area contributed by atoms with Gasteiger partial charge in [0.05, 0.1) is 6.10 Å². The van der Waals surface area contributed by atoms with Crippen LogP contribution in [-0.4, -0.2) is 29.2 Å². The maximum atomic E-state index is 5.66. The molecule has 1 N–H and O–H groups in total. The molecule has 1 aliphatic carbocycles. The zero-order valence-corrected chi connectivity index (χ0v) is 8.66. The summed E-state index contributed by atoms with van der Waals surface area (Å²) in [5.41, 5.74) is 0. The van der Waals surface area contributed by atoms with E-state index in [4.69, 9.17) is 16.3 Å². The molecule has 1 aliphatic rings. The van der Waals surface area contributed by atoms with Gasteiger partial charge < -0.3 is 10.1 Å². The third-order valence-electron chi connectivity index (χ3n) is 2.41. The third kappa shape index (κ3) is 2.13. The van der Waals surface area contributed by atoms with Crippen LogP contribution in [0.3, 0.4) is 0 Å². The molecule has 0 aromatic carbocycles. The van der Waals surface area contributed by atoms with Crippen molar-refractivity contribution in [3.05, 3.63) is 17.5 Å². The Bertz CT molecular complexity index is 315. The van der Waals surface area contributed by atoms with E-state index >= 15 is 0 Å². The highest BCUT2D eigenvalue weighted by Crippen LogP contribution is 2.25. The molecule has 76 valence electrons. The molecule has 0 atom stereocenters. The summed E-state index contributed by atoms with van der Waals surface area (Å²) in [5, 5.41) is 3.54. The topological polar surface area (TPSA) is 47.0 Å². The number of anilines is 1. The van der Waals surface area contributed by atoms with Gasteiger partial charge in [-0.05, 0) is 30.5 Å². The van der Waals surface area contributed by atoms with Crippen molar-refractivity contribution in [1.82, 2.24) is 9.97 Å². The van der Waals surface area contributed by atoms with Gasteiger partial charge in [0.25, 0.3) is 0 Å². The molecule has 1 aromatic heterocycles. The van der Waals surface area contributed by atoms with Crippen LogP contribution in [0, 0.1) is 0 Å². The van der Waals surface area contributed by atoms with Crippen LogP contribution in [0.5, 0.6) is 0 Å². The Balaban J connectivity index is 1.87. The minimum absolute atomic E-state index is 0.276. The largest absolute Gasteiger partial charge is 0.381 e. The highest BCUT2D eigenvalue weighted by molar-refractivity contribution is 6.28. The van der Waals surface area contributed by atoms with Crippen molar-refractivity contribution >= 4 is 17.4 Å². The van der Waals surface area contributed by atoms with E-state index in [1.165, 1.54) is 0 Å². The fourth-order valence-electron chi connectivity index (χ4n) is 1.50. The first-order valence-corrected chi connectivity index (χ1v) is 4.93. The maximum absolute atomic E-state index is 5.66. The third-order valence-corrected chi connectivity index (χ3v) is 2.59. The number of nitrogens with zero attached hydrogens (tertiary/aromatic N) is 2. The first-order chi connectivity index (χ1) is 6.78. The minimum atomic E-state index is 0.276. The zero-order valence-electron chi connectivity index (χ0n) is 7.90. The number of aromatic nitrogens is 2. The van der Waals surface area contributed by atoms with Crippen molar-refractivity contribution in [2.45, 2.75) is 25.0 Å². The van der Waals surface area contributed by atoms with Crippen molar-refractivity contribution in [2.24, 2.45) is 0 Å². The average Bonchev–Trinajstić information content (AvgIpc) is 2.10. The molecule has 1 aromatic rings. The van der Waals surface area contributed by atoms with Crippen LogP contribution < -0.4 is 5.32 Å². The second-order valence-corrected chi connectivity index (χ2v) is 3.72. The summed E-state index contributed by atoms with van der Waals surface area (Å²) in [4.78, 5) is 7.86. The minimum Gasteiger partial charge on any atom is -0.381 e. The molecule has 0 spiro atoms. The monoisotopic (exact) mass is 213 g/mol. The van der Waals surface area contributed by atoms with Crippen molar-refractivity contribution in [1.29, 1.82) is 0 Å². The number of nitrogens with one attached hydrogen (secondary N) is 1. The Kier molecular flexibility index (Phi) is 2.84. The van der Waals surface area contributed by atoms with Crippen LogP contribution in [0.25, 0.3) is 0 Å². The van der Waals surface area contributed by atoms with Crippen LogP contribution in [0.1, 0.15) is 12.8 Å². The summed E-state index contributed by atoms with van der Waals surface area (Å²) in [7, 11) is 1.74. The lowest BCUT2D eigenvalue weighted by molar-refractivity contribution is 0.0328. The van der Waals surface area contributed by atoms with Gasteiger partial charge in [-0.15, -0.1) is 0 Å². The molecule has 0 bridgehead atoms. The molecule has 5 heteroatoms. The predicted octanol–water partition coefficient (Wildman–Crippen LogP) is 1.72. The van der Waals surface area contributed by atoms with Gasteiger partial charge in [-0.2, -0.15) is 0 Å². The summed E-state index contributed by atoms with van der Waals surface area (Å²) < 4.78 is 5.18. The van der Waals surface area contributed by atoms with E-state index in [9.17, 15) is 0 Å². The quantitative estimate of drug-likeness (QED) is 0.777. The van der Waals surface area contributed by atoms with Gasteiger partial charge in [-0.3, -0.25) is 0 Å². The van der Waals surface area contributed by atoms with Crippen molar-refractivity contribution in [2.75, 3.05) is 12.4 Å². The van der Waals surface area contributed by atoms with Gasteiger partial charge in [0.1, 0.15) is 5.82 Å². The standard InChI is InChI=1S/C9H12ClN3O/c1-14-7-4-6(5-7)12-8-2-3-11-9(10)13-8/h2-3,6-7H,4-5H2,1H3,(H,11,12,13). The van der Waals surface area contributed by atoms with Gasteiger partial charge in [-0.1, -0.05) is 0 Å². The van der Waals surface area contributed by atoms with Crippen LogP contribution in [0.4, 0.5) is 5.82 Å². The van der Waals surface area contributed by atoms with E-state index in [1.54, 1.807) is 13.3 Å². The fraction of sp³-hybridized carbons (Fsp3) is 0.556. The van der Waals surface area contributed by atoms with E-state index in [1.807, 2.05) is 6.07 Å². The Morgan fingerprint density at radius 2 is 2.36 bits per heavy atom. The Hall–Kier alpha value is -0.870. The van der Waals surface area contributed by atoms with Crippen molar-refractivity contribution in [3.8, 4) is 0 Å². The summed E-state index contributed by atoms with van der Waals surface area (Å²) in [6, 6.07) is 2.26. The Labute approximate surface area is 87.7 Å². The van der Waals surface area contributed by atoms with Crippen molar-refractivity contribution in [3.63, 3.8) is 0 Å². The van der Waals surface area contributed by atoms with E-state index in [0.29, 0.717) is 12.1 Å². The zero-order chi connectivity index (χ0) is 9.97. The second kappa shape index (κ2) is 4.11. The number of hydrogen-bond acceptors (Lipinski definition) is 4. The molecule has 0 aliphatic heterocycles. The van der Waals surface area contributed by atoms with Gasteiger partial charge in [-0.25, -0.2) is 9.97 Å². The molecule has 0 unspecified atom stereocenters. The molecule has 1 fully saturated rings. The lowest BCUT2D eigenvalue weighted by Crippen LogP contribution is -2.40. The normalized spacial score (nSPS) is 25.6. The van der Waals surface area contributed by atoms with E-state index in [0.717, 1.165) is 18.7 Å². The fourth-order valence-corrected chi connectivity index (χ4v) is 1.65. The molecule has 0 radical (unpaired) electrons. The lowest BCUT2D eigenvalue weighted by Gasteiger charge is -2.34. The number of ether oxygens (including phenoxy) is 1. The van der Waals surface area contributed by atoms with Gasteiger partial charge in [0, 0.05) is 19.3 Å². The molecule has 1 saturated carbocycles. The smallest absolute Gasteiger partial charge is 0.224 e. The molecule has 0 saturated heterocycles. The van der Waals surface area contributed by atoms with Gasteiger partial charge in [0.15, 0.2) is 0 Å². The van der Waals surface area contributed by atoms with E-state index in [-0.39, 0.29) is 5.28 Å². The van der Waals surface area contributed by atoms with Crippen molar-refractivity contribution < 1.29 is 4.74 Å². The highest BCUT2D eigenvalue weighted by atomic mass is 35.5. The van der Waals surface area contributed by atoms with Gasteiger partial charge >= 0.3 is 0 Å².